The maximum atomic E-state index is 10.2. The van der Waals surface area contributed by atoms with Crippen LogP contribution in [-0.4, -0.2) is 35.4 Å². The summed E-state index contributed by atoms with van der Waals surface area (Å²) in [4.78, 5) is 20.4. The summed E-state index contributed by atoms with van der Waals surface area (Å²) >= 11 is 5.71. The van der Waals surface area contributed by atoms with Gasteiger partial charge in [-0.2, -0.15) is 0 Å². The first-order valence-corrected chi connectivity index (χ1v) is 7.68. The molecular weight excluding hydrogens is 348 g/mol. The molecule has 0 saturated carbocycles. The zero-order chi connectivity index (χ0) is 18.8. The number of aryl methyl sites for hydroxylation is 2. The first-order valence-electron chi connectivity index (χ1n) is 7.30. The molecule has 0 aromatic heterocycles. The van der Waals surface area contributed by atoms with Crippen LogP contribution >= 0.6 is 11.6 Å². The Kier molecular flexibility index (Phi) is 8.29. The van der Waals surface area contributed by atoms with Gasteiger partial charge in [0.15, 0.2) is 13.2 Å². The molecule has 2 aromatic carbocycles. The van der Waals surface area contributed by atoms with Gasteiger partial charge >= 0.3 is 11.9 Å². The second-order valence-corrected chi connectivity index (χ2v) is 5.48. The monoisotopic (exact) mass is 366 g/mol. The van der Waals surface area contributed by atoms with Crippen LogP contribution in [0.25, 0.3) is 0 Å². The van der Waals surface area contributed by atoms with E-state index in [4.69, 9.17) is 31.3 Å². The number of carboxylic acids is 2. The minimum atomic E-state index is -0.991. The Bertz CT molecular complexity index is 729. The molecule has 0 bridgehead atoms. The second-order valence-electron chi connectivity index (χ2n) is 5.04. The normalized spacial score (nSPS) is 9.56. The van der Waals surface area contributed by atoms with Crippen molar-refractivity contribution in [3.8, 4) is 11.5 Å². The molecule has 0 fully saturated rings. The molecule has 0 atom stereocenters. The van der Waals surface area contributed by atoms with E-state index in [9.17, 15) is 9.59 Å². The van der Waals surface area contributed by atoms with Gasteiger partial charge in [-0.3, -0.25) is 0 Å². The molecule has 0 aliphatic heterocycles. The summed E-state index contributed by atoms with van der Waals surface area (Å²) in [6, 6.07) is 12.3. The number of benzene rings is 2. The highest BCUT2D eigenvalue weighted by molar-refractivity contribution is 6.30. The van der Waals surface area contributed by atoms with Gasteiger partial charge in [0.05, 0.1) is 0 Å². The maximum Gasteiger partial charge on any atom is 0.341 e. The summed E-state index contributed by atoms with van der Waals surface area (Å²) in [5.74, 6) is -0.778. The van der Waals surface area contributed by atoms with Gasteiger partial charge in [0, 0.05) is 5.02 Å². The summed E-state index contributed by atoms with van der Waals surface area (Å²) in [6.45, 7) is 3.06. The number of ether oxygens (including phenoxy) is 2. The number of hydrogen-bond acceptors (Lipinski definition) is 4. The fourth-order valence-electron chi connectivity index (χ4n) is 1.77. The SMILES string of the molecule is Cc1cc(Cl)ccc1OCC(=O)O.Cc1ccccc1OCC(=O)O. The smallest absolute Gasteiger partial charge is 0.341 e. The van der Waals surface area contributed by atoms with Crippen LogP contribution in [-0.2, 0) is 9.59 Å². The van der Waals surface area contributed by atoms with Crippen LogP contribution in [0.3, 0.4) is 0 Å². The Morgan fingerprint density at radius 2 is 1.40 bits per heavy atom. The van der Waals surface area contributed by atoms with E-state index in [0.717, 1.165) is 11.1 Å². The highest BCUT2D eigenvalue weighted by Gasteiger charge is 2.02. The molecule has 6 nitrogen and oxygen atoms in total. The molecule has 0 heterocycles. The number of halogens is 1. The summed E-state index contributed by atoms with van der Waals surface area (Å²) in [5.41, 5.74) is 1.77. The number of carbonyl (C=O) groups is 2. The van der Waals surface area contributed by atoms with E-state index in [2.05, 4.69) is 0 Å². The van der Waals surface area contributed by atoms with Crippen molar-refractivity contribution < 1.29 is 29.3 Å². The number of aliphatic carboxylic acids is 2. The van der Waals surface area contributed by atoms with Crippen molar-refractivity contribution >= 4 is 23.5 Å². The summed E-state index contributed by atoms with van der Waals surface area (Å²) < 4.78 is 9.99. The summed E-state index contributed by atoms with van der Waals surface area (Å²) in [6.07, 6.45) is 0. The van der Waals surface area contributed by atoms with E-state index < -0.39 is 11.9 Å². The fourth-order valence-corrected chi connectivity index (χ4v) is 2.00. The fraction of sp³-hybridized carbons (Fsp3) is 0.222. The maximum absolute atomic E-state index is 10.2. The number of hydrogen-bond donors (Lipinski definition) is 2. The highest BCUT2D eigenvalue weighted by atomic mass is 35.5. The van der Waals surface area contributed by atoms with Crippen molar-refractivity contribution in [1.82, 2.24) is 0 Å². The van der Waals surface area contributed by atoms with Crippen molar-refractivity contribution in [2.45, 2.75) is 13.8 Å². The van der Waals surface area contributed by atoms with Crippen LogP contribution in [0.15, 0.2) is 42.5 Å². The van der Waals surface area contributed by atoms with Crippen molar-refractivity contribution in [3.63, 3.8) is 0 Å². The van der Waals surface area contributed by atoms with Crippen molar-refractivity contribution in [3.05, 3.63) is 58.6 Å². The highest BCUT2D eigenvalue weighted by Crippen LogP contribution is 2.21. The van der Waals surface area contributed by atoms with E-state index >= 15 is 0 Å². The average Bonchev–Trinajstić information content (AvgIpc) is 2.53. The van der Waals surface area contributed by atoms with Crippen LogP contribution in [0, 0.1) is 13.8 Å². The van der Waals surface area contributed by atoms with Crippen molar-refractivity contribution in [2.75, 3.05) is 13.2 Å². The van der Waals surface area contributed by atoms with E-state index in [-0.39, 0.29) is 13.2 Å². The minimum absolute atomic E-state index is 0.287. The van der Waals surface area contributed by atoms with Gasteiger partial charge in [-0.25, -0.2) is 9.59 Å². The predicted octanol–water partition coefficient (Wildman–Crippen LogP) is 3.57. The van der Waals surface area contributed by atoms with Gasteiger partial charge in [-0.15, -0.1) is 0 Å². The summed E-state index contributed by atoms with van der Waals surface area (Å²) in [5, 5.41) is 17.3. The van der Waals surface area contributed by atoms with Crippen LogP contribution < -0.4 is 9.47 Å². The molecule has 0 aliphatic carbocycles. The van der Waals surface area contributed by atoms with Crippen LogP contribution in [0.1, 0.15) is 11.1 Å². The van der Waals surface area contributed by atoms with Gasteiger partial charge < -0.3 is 19.7 Å². The number of carboxylic acid groups (broad SMARTS) is 2. The molecule has 0 saturated heterocycles. The van der Waals surface area contributed by atoms with Crippen molar-refractivity contribution in [1.29, 1.82) is 0 Å². The Hall–Kier alpha value is -2.73. The van der Waals surface area contributed by atoms with E-state index in [1.54, 1.807) is 24.3 Å². The Morgan fingerprint density at radius 3 is 1.88 bits per heavy atom. The Balaban J connectivity index is 0.000000251. The lowest BCUT2D eigenvalue weighted by molar-refractivity contribution is -0.140. The first-order chi connectivity index (χ1) is 11.8. The minimum Gasteiger partial charge on any atom is -0.482 e. The molecule has 2 rings (SSSR count). The molecule has 0 unspecified atom stereocenters. The van der Waals surface area contributed by atoms with E-state index in [1.165, 1.54) is 0 Å². The zero-order valence-corrected chi connectivity index (χ0v) is 14.6. The molecule has 7 heteroatoms. The van der Waals surface area contributed by atoms with Gasteiger partial charge in [0.1, 0.15) is 11.5 Å². The van der Waals surface area contributed by atoms with Crippen molar-refractivity contribution in [2.24, 2.45) is 0 Å². The zero-order valence-electron chi connectivity index (χ0n) is 13.9. The Labute approximate surface area is 150 Å². The Morgan fingerprint density at radius 1 is 0.880 bits per heavy atom. The molecule has 134 valence electrons. The lowest BCUT2D eigenvalue weighted by Gasteiger charge is -2.06. The topological polar surface area (TPSA) is 93.1 Å². The average molecular weight is 367 g/mol. The molecule has 2 N–H and O–H groups in total. The predicted molar refractivity (Wildman–Crippen MR) is 93.6 cm³/mol. The third-order valence-electron chi connectivity index (χ3n) is 2.93. The molecule has 0 aliphatic rings. The molecule has 2 aromatic rings. The molecule has 25 heavy (non-hydrogen) atoms. The largest absolute Gasteiger partial charge is 0.482 e. The first kappa shape index (κ1) is 20.3. The van der Waals surface area contributed by atoms with Gasteiger partial charge in [0.2, 0.25) is 0 Å². The molecule has 0 amide bonds. The molecular formula is C18H19ClO6. The van der Waals surface area contributed by atoms with E-state index in [1.807, 2.05) is 32.0 Å². The second kappa shape index (κ2) is 10.2. The molecule has 0 radical (unpaired) electrons. The van der Waals surface area contributed by atoms with E-state index in [0.29, 0.717) is 16.5 Å². The lowest BCUT2D eigenvalue weighted by Crippen LogP contribution is -2.09. The van der Waals surface area contributed by atoms with Crippen LogP contribution in [0.2, 0.25) is 5.02 Å². The standard InChI is InChI=1S/C9H9ClO3.C9H10O3/c1-6-4-7(10)2-3-8(6)13-5-9(11)12;1-7-4-2-3-5-8(7)12-6-9(10)11/h2-4H,5H2,1H3,(H,11,12);2-5H,6H2,1H3,(H,10,11). The lowest BCUT2D eigenvalue weighted by atomic mass is 10.2. The number of para-hydroxylation sites is 1. The number of rotatable bonds is 6. The van der Waals surface area contributed by atoms with Gasteiger partial charge in [-0.1, -0.05) is 29.8 Å². The third kappa shape index (κ3) is 8.08. The van der Waals surface area contributed by atoms with Gasteiger partial charge in [-0.05, 0) is 49.2 Å². The molecule has 0 spiro atoms. The third-order valence-corrected chi connectivity index (χ3v) is 3.17. The quantitative estimate of drug-likeness (QED) is 0.811. The van der Waals surface area contributed by atoms with Crippen LogP contribution in [0.4, 0.5) is 0 Å². The van der Waals surface area contributed by atoms with Crippen LogP contribution in [0.5, 0.6) is 11.5 Å². The summed E-state index contributed by atoms with van der Waals surface area (Å²) in [7, 11) is 0. The van der Waals surface area contributed by atoms with Gasteiger partial charge in [0.25, 0.3) is 0 Å².